The van der Waals surface area contributed by atoms with Crippen molar-refractivity contribution in [3.05, 3.63) is 0 Å². The summed E-state index contributed by atoms with van der Waals surface area (Å²) in [6.45, 7) is 7.82. The topological polar surface area (TPSA) is 70.3 Å². The quantitative estimate of drug-likeness (QED) is 0.736. The molecular weight excluding hydrogens is 236 g/mol. The molecule has 0 aromatic carbocycles. The molecule has 0 radical (unpaired) electrons. The first-order valence-electron chi connectivity index (χ1n) is 6.41. The molecule has 0 aromatic rings. The minimum atomic E-state index is -1.26. The number of piperidine rings is 1. The molecule has 2 atom stereocenters. The van der Waals surface area contributed by atoms with E-state index in [1.54, 1.807) is 0 Å². The molecule has 2 aliphatic rings. The van der Waals surface area contributed by atoms with Gasteiger partial charge in [-0.05, 0) is 45.7 Å². The van der Waals surface area contributed by atoms with Crippen molar-refractivity contribution in [3.63, 3.8) is 0 Å². The summed E-state index contributed by atoms with van der Waals surface area (Å²) in [5, 5.41) is 8.99. The Bertz CT molecular complexity index is 265. The van der Waals surface area contributed by atoms with Gasteiger partial charge >= 0.3 is 0 Å². The number of nitrogens with one attached hydrogen (secondary N) is 1. The lowest BCUT2D eigenvalue weighted by Crippen LogP contribution is -2.46. The van der Waals surface area contributed by atoms with Gasteiger partial charge in [0, 0.05) is 23.2 Å². The van der Waals surface area contributed by atoms with Gasteiger partial charge in [0.2, 0.25) is 0 Å². The lowest BCUT2D eigenvalue weighted by Gasteiger charge is -2.40. The van der Waals surface area contributed by atoms with Gasteiger partial charge in [-0.3, -0.25) is 0 Å². The van der Waals surface area contributed by atoms with Crippen LogP contribution in [0.15, 0.2) is 0 Å². The van der Waals surface area contributed by atoms with Crippen molar-refractivity contribution < 1.29 is 9.29 Å². The average molecular weight is 260 g/mol. The molecule has 2 heterocycles. The Hall–Kier alpha value is 0.190. The summed E-state index contributed by atoms with van der Waals surface area (Å²) in [6, 6.07) is 0. The maximum atomic E-state index is 11.6. The molecule has 100 valence electrons. The van der Waals surface area contributed by atoms with Crippen LogP contribution in [-0.2, 0) is 16.1 Å². The highest BCUT2D eigenvalue weighted by Gasteiger charge is 2.48. The number of rotatable bonds is 3. The summed E-state index contributed by atoms with van der Waals surface area (Å²) >= 11 is -1.26. The maximum absolute atomic E-state index is 11.6. The fraction of sp³-hybridized carbons (Fsp3) is 1.00. The van der Waals surface area contributed by atoms with Crippen LogP contribution in [0.1, 0.15) is 33.1 Å². The molecule has 2 saturated heterocycles. The second-order valence-electron chi connectivity index (χ2n) is 6.09. The molecule has 2 unspecified atom stereocenters. The van der Waals surface area contributed by atoms with E-state index in [2.05, 4.69) is 5.32 Å². The van der Waals surface area contributed by atoms with Gasteiger partial charge < -0.3 is 14.6 Å². The van der Waals surface area contributed by atoms with Crippen LogP contribution >= 0.6 is 0 Å². The highest BCUT2D eigenvalue weighted by molar-refractivity contribution is 7.90. The Morgan fingerprint density at radius 1 is 1.47 bits per heavy atom. The highest BCUT2D eigenvalue weighted by atomic mass is 32.2. The van der Waals surface area contributed by atoms with Crippen LogP contribution in [0.5, 0.6) is 0 Å². The molecule has 0 amide bonds. The predicted molar refractivity (Wildman–Crippen MR) is 69.9 cm³/mol. The van der Waals surface area contributed by atoms with Crippen molar-refractivity contribution in [2.75, 3.05) is 26.3 Å². The Labute approximate surface area is 107 Å². The third-order valence-corrected chi connectivity index (χ3v) is 5.71. The van der Waals surface area contributed by atoms with Crippen LogP contribution in [0.2, 0.25) is 0 Å². The second kappa shape index (κ2) is 5.05. The lowest BCUT2D eigenvalue weighted by atomic mass is 9.68. The van der Waals surface area contributed by atoms with Crippen molar-refractivity contribution in [2.24, 2.45) is 16.5 Å². The number of hydrogen-bond acceptors (Lipinski definition) is 4. The minimum absolute atomic E-state index is 0.307. The average Bonchev–Trinajstić information content (AvgIpc) is 2.62. The van der Waals surface area contributed by atoms with Crippen LogP contribution in [0.25, 0.3) is 0 Å². The monoisotopic (exact) mass is 260 g/mol. The van der Waals surface area contributed by atoms with Gasteiger partial charge in [0.25, 0.3) is 0 Å². The fourth-order valence-electron chi connectivity index (χ4n) is 3.13. The van der Waals surface area contributed by atoms with E-state index in [1.807, 2.05) is 13.8 Å². The van der Waals surface area contributed by atoms with Crippen molar-refractivity contribution in [2.45, 2.75) is 37.9 Å². The third kappa shape index (κ3) is 2.79. The number of nitrogens with two attached hydrogens (primary N) is 1. The summed E-state index contributed by atoms with van der Waals surface area (Å²) in [5.74, 6) is 0.507. The molecule has 1 spiro atoms. The largest absolute Gasteiger partial charge is 0.598 e. The molecule has 5 heteroatoms. The van der Waals surface area contributed by atoms with E-state index in [9.17, 15) is 4.55 Å². The molecule has 4 nitrogen and oxygen atoms in total. The zero-order valence-electron chi connectivity index (χ0n) is 10.8. The first-order valence-corrected chi connectivity index (χ1v) is 7.62. The van der Waals surface area contributed by atoms with E-state index in [0.717, 1.165) is 32.7 Å². The lowest BCUT2D eigenvalue weighted by molar-refractivity contribution is 0.114. The molecule has 2 fully saturated rings. The molecule has 2 aliphatic heterocycles. The van der Waals surface area contributed by atoms with Crippen molar-refractivity contribution in [3.8, 4) is 0 Å². The van der Waals surface area contributed by atoms with E-state index in [0.29, 0.717) is 11.3 Å². The van der Waals surface area contributed by atoms with E-state index in [1.165, 1.54) is 12.8 Å². The van der Waals surface area contributed by atoms with Crippen LogP contribution < -0.4 is 10.5 Å². The highest BCUT2D eigenvalue weighted by Crippen LogP contribution is 2.46. The Kier molecular flexibility index (Phi) is 4.05. The maximum Gasteiger partial charge on any atom is 0.139 e. The molecule has 0 aliphatic carbocycles. The van der Waals surface area contributed by atoms with E-state index in [4.69, 9.17) is 9.88 Å². The third-order valence-electron chi connectivity index (χ3n) is 4.46. The van der Waals surface area contributed by atoms with Gasteiger partial charge in [0.15, 0.2) is 0 Å². The normalized spacial score (nSPS) is 30.7. The summed E-state index contributed by atoms with van der Waals surface area (Å²) in [6.07, 6.45) is 3.24. The van der Waals surface area contributed by atoms with Gasteiger partial charge in [0.05, 0.1) is 13.2 Å². The molecule has 0 bridgehead atoms. The minimum Gasteiger partial charge on any atom is -0.598 e. The fourth-order valence-corrected chi connectivity index (χ4v) is 3.49. The molecule has 0 saturated carbocycles. The van der Waals surface area contributed by atoms with Gasteiger partial charge in [-0.15, -0.1) is 0 Å². The van der Waals surface area contributed by atoms with Gasteiger partial charge in [0.1, 0.15) is 4.75 Å². The smallest absolute Gasteiger partial charge is 0.139 e. The Balaban J connectivity index is 2.04. The van der Waals surface area contributed by atoms with Gasteiger partial charge in [-0.2, -0.15) is 5.14 Å². The standard InChI is InChI=1S/C12H24N2O2S/c1-11(2,17(13)15)7-10-8-16-9-12(10)3-5-14-6-4-12/h10,14H,3-9,13H2,1-2H3. The number of hydrogen-bond donors (Lipinski definition) is 2. The summed E-state index contributed by atoms with van der Waals surface area (Å²) in [5.41, 5.74) is 0.307. The van der Waals surface area contributed by atoms with E-state index in [-0.39, 0.29) is 4.75 Å². The van der Waals surface area contributed by atoms with Crippen LogP contribution in [0.4, 0.5) is 0 Å². The molecule has 0 aromatic heterocycles. The van der Waals surface area contributed by atoms with Crippen molar-refractivity contribution in [1.29, 1.82) is 0 Å². The zero-order valence-corrected chi connectivity index (χ0v) is 11.6. The Morgan fingerprint density at radius 2 is 2.12 bits per heavy atom. The molecule has 3 N–H and O–H groups in total. The summed E-state index contributed by atoms with van der Waals surface area (Å²) < 4.78 is 17.0. The van der Waals surface area contributed by atoms with Crippen molar-refractivity contribution in [1.82, 2.24) is 5.32 Å². The Morgan fingerprint density at radius 3 is 2.71 bits per heavy atom. The molecular formula is C12H24N2O2S. The van der Waals surface area contributed by atoms with Gasteiger partial charge in [-0.1, -0.05) is 0 Å². The second-order valence-corrected chi connectivity index (χ2v) is 7.79. The van der Waals surface area contributed by atoms with Crippen molar-refractivity contribution >= 4 is 11.4 Å². The molecule has 2 rings (SSSR count). The zero-order chi connectivity index (χ0) is 12.5. The predicted octanol–water partition coefficient (Wildman–Crippen LogP) is 0.794. The summed E-state index contributed by atoms with van der Waals surface area (Å²) in [4.78, 5) is 0. The van der Waals surface area contributed by atoms with Crippen LogP contribution in [0, 0.1) is 11.3 Å². The van der Waals surface area contributed by atoms with E-state index >= 15 is 0 Å². The first kappa shape index (κ1) is 13.6. The van der Waals surface area contributed by atoms with E-state index < -0.39 is 11.4 Å². The summed E-state index contributed by atoms with van der Waals surface area (Å²) in [7, 11) is 0. The molecule has 17 heavy (non-hydrogen) atoms. The SMILES string of the molecule is CC(C)(CC1COCC12CCNCC2)[S+](N)[O-]. The van der Waals surface area contributed by atoms with Gasteiger partial charge in [-0.25, -0.2) is 0 Å². The first-order chi connectivity index (χ1) is 7.96. The number of ether oxygens (including phenoxy) is 1. The van der Waals surface area contributed by atoms with Crippen LogP contribution in [-0.4, -0.2) is 35.6 Å². The van der Waals surface area contributed by atoms with Crippen LogP contribution in [0.3, 0.4) is 0 Å².